The number of thiazole rings is 1. The number of nitrogens with zero attached hydrogens (tertiary/aromatic N) is 6. The molecule has 0 bridgehead atoms. The number of aromatic hydroxyl groups is 1. The number of phenols is 1. The summed E-state index contributed by atoms with van der Waals surface area (Å²) < 4.78 is 27.6. The maximum atomic E-state index is 14.8. The van der Waals surface area contributed by atoms with Gasteiger partial charge in [0.15, 0.2) is 0 Å². The Morgan fingerprint density at radius 3 is 2.21 bits per heavy atom. The fourth-order valence-electron chi connectivity index (χ4n) is 8.28. The number of piperidine rings is 1. The molecule has 1 saturated heterocycles. The molecule has 5 N–H and O–H groups in total. The Hall–Kier alpha value is -5.09. The van der Waals surface area contributed by atoms with Gasteiger partial charge in [-0.05, 0) is 87.2 Å². The number of hydrogen-bond donors (Lipinski definition) is 5. The van der Waals surface area contributed by atoms with Crippen LogP contribution < -0.4 is 21.5 Å². The van der Waals surface area contributed by atoms with Crippen molar-refractivity contribution < 1.29 is 52.8 Å². The van der Waals surface area contributed by atoms with Crippen molar-refractivity contribution >= 4 is 41.1 Å². The summed E-state index contributed by atoms with van der Waals surface area (Å²) in [6.07, 6.45) is 4.46. The standard InChI is InChI=1S/C50H82N10O11S/c1-9-20-60(49(65)44(35(6)11-3)55-47(64)41-14-12-13-21-59(41)8)42(34(4)5)32-43(70-22-10-2)48-54-40(33-72-48)46(63)53-38(31-37-15-17-39(61)18-16-37)30-36(7)45(62)56-57-50(66)71-29-28-69-27-26-68-25-24-67-23-19-52-58-51/h15-18,33-36,38,41-44,61H,9-14,19-32H2,1-8H3,(H,53,63)(H,55,64)(H,56,62)(H,57,66)/t35-,36-,38+,41+,42+,43+,44-/m0/s1. The zero-order chi connectivity index (χ0) is 52.8. The van der Waals surface area contributed by atoms with Crippen LogP contribution in [0.5, 0.6) is 5.75 Å². The molecule has 22 heteroatoms. The molecule has 0 spiro atoms. The van der Waals surface area contributed by atoms with Crippen LogP contribution in [-0.2, 0) is 44.5 Å². The molecule has 5 amide bonds. The van der Waals surface area contributed by atoms with Crippen molar-refractivity contribution in [3.8, 4) is 5.75 Å². The summed E-state index contributed by atoms with van der Waals surface area (Å²) in [6.45, 7) is 17.6. The molecular formula is C50H82N10O11S. The molecule has 7 atom stereocenters. The lowest BCUT2D eigenvalue weighted by Gasteiger charge is -2.40. The molecule has 0 unspecified atom stereocenters. The number of ether oxygens (including phenoxy) is 5. The monoisotopic (exact) mass is 1030 g/mol. The first-order valence-electron chi connectivity index (χ1n) is 25.6. The molecule has 1 aromatic heterocycles. The van der Waals surface area contributed by atoms with Gasteiger partial charge in [0.2, 0.25) is 17.7 Å². The lowest BCUT2D eigenvalue weighted by Crippen LogP contribution is -2.58. The van der Waals surface area contributed by atoms with Crippen LogP contribution >= 0.6 is 11.3 Å². The number of carbonyl (C=O) groups is 5. The van der Waals surface area contributed by atoms with Crippen molar-refractivity contribution in [2.45, 2.75) is 137 Å². The molecular weight excluding hydrogens is 949 g/mol. The van der Waals surface area contributed by atoms with E-state index in [2.05, 4.69) is 50.3 Å². The van der Waals surface area contributed by atoms with Crippen molar-refractivity contribution in [1.29, 1.82) is 0 Å². The van der Waals surface area contributed by atoms with Gasteiger partial charge in [-0.1, -0.05) is 78.6 Å². The molecule has 1 aromatic carbocycles. The Bertz CT molecular complexity index is 1970. The Morgan fingerprint density at radius 2 is 1.58 bits per heavy atom. The zero-order valence-corrected chi connectivity index (χ0v) is 44.6. The van der Waals surface area contributed by atoms with E-state index in [-0.39, 0.29) is 80.0 Å². The van der Waals surface area contributed by atoms with Crippen LogP contribution in [0, 0.1) is 17.8 Å². The van der Waals surface area contributed by atoms with Crippen molar-refractivity contribution in [3.05, 3.63) is 56.4 Å². The molecule has 1 aliphatic heterocycles. The summed E-state index contributed by atoms with van der Waals surface area (Å²) >= 11 is 1.30. The van der Waals surface area contributed by atoms with E-state index in [0.717, 1.165) is 44.2 Å². The number of benzene rings is 1. The van der Waals surface area contributed by atoms with E-state index in [1.165, 1.54) is 11.3 Å². The maximum absolute atomic E-state index is 14.8. The molecule has 2 heterocycles. The predicted octanol–water partition coefficient (Wildman–Crippen LogP) is 6.47. The molecule has 0 saturated carbocycles. The lowest BCUT2D eigenvalue weighted by atomic mass is 9.92. The van der Waals surface area contributed by atoms with Gasteiger partial charge in [-0.15, -0.1) is 11.3 Å². The number of nitrogens with one attached hydrogen (secondary N) is 4. The first kappa shape index (κ1) is 61.2. The molecule has 0 aliphatic carbocycles. The lowest BCUT2D eigenvalue weighted by molar-refractivity contribution is -0.143. The van der Waals surface area contributed by atoms with E-state index in [1.54, 1.807) is 36.6 Å². The SMILES string of the molecule is CCCO[C@H](C[C@H](C(C)C)N(CCC)C(=O)[C@@H](NC(=O)[C@H]1CCCCN1C)[C@@H](C)CC)c1nc(C(=O)N[C@@H](Cc2ccc(O)cc2)C[C@H](C)C(=O)NNC(=O)OCCOCCOCCOCCN=[N+]=[N-])cs1. The molecule has 404 valence electrons. The number of hydrazine groups is 1. The van der Waals surface area contributed by atoms with Crippen LogP contribution in [0.2, 0.25) is 0 Å². The van der Waals surface area contributed by atoms with Crippen molar-refractivity contribution in [2.24, 2.45) is 22.9 Å². The number of likely N-dealkylation sites (N-methyl/N-ethyl adjacent to an activating group) is 1. The van der Waals surface area contributed by atoms with E-state index < -0.39 is 42.0 Å². The summed E-state index contributed by atoms with van der Waals surface area (Å²) in [4.78, 5) is 79.5. The molecule has 72 heavy (non-hydrogen) atoms. The highest BCUT2D eigenvalue weighted by molar-refractivity contribution is 7.09. The minimum Gasteiger partial charge on any atom is -0.508 e. The van der Waals surface area contributed by atoms with E-state index in [1.807, 2.05) is 39.6 Å². The van der Waals surface area contributed by atoms with Crippen molar-refractivity contribution in [2.75, 3.05) is 79.5 Å². The first-order valence-corrected chi connectivity index (χ1v) is 26.4. The Morgan fingerprint density at radius 1 is 0.903 bits per heavy atom. The van der Waals surface area contributed by atoms with E-state index in [4.69, 9.17) is 34.2 Å². The third kappa shape index (κ3) is 21.9. The first-order chi connectivity index (χ1) is 34.6. The maximum Gasteiger partial charge on any atom is 0.426 e. The van der Waals surface area contributed by atoms with Gasteiger partial charge in [-0.25, -0.2) is 15.2 Å². The number of likely N-dealkylation sites (tertiary alicyclic amines) is 1. The third-order valence-corrected chi connectivity index (χ3v) is 13.4. The smallest absolute Gasteiger partial charge is 0.426 e. The summed E-state index contributed by atoms with van der Waals surface area (Å²) in [7, 11) is 1.97. The van der Waals surface area contributed by atoms with Gasteiger partial charge in [0, 0.05) is 54.4 Å². The third-order valence-electron chi connectivity index (χ3n) is 12.5. The molecule has 21 nitrogen and oxygen atoms in total. The van der Waals surface area contributed by atoms with E-state index >= 15 is 0 Å². The number of amides is 5. The topological polar surface area (TPSA) is 268 Å². The summed E-state index contributed by atoms with van der Waals surface area (Å²) in [5.41, 5.74) is 13.9. The van der Waals surface area contributed by atoms with Gasteiger partial charge in [-0.3, -0.25) is 29.5 Å². The van der Waals surface area contributed by atoms with Gasteiger partial charge >= 0.3 is 6.09 Å². The Balaban J connectivity index is 1.67. The Kier molecular flexibility index (Phi) is 29.2. The summed E-state index contributed by atoms with van der Waals surface area (Å²) in [5.74, 6) is -1.85. The average Bonchev–Trinajstić information content (AvgIpc) is 3.87. The molecule has 0 radical (unpaired) electrons. The molecule has 1 fully saturated rings. The predicted molar refractivity (Wildman–Crippen MR) is 274 cm³/mol. The van der Waals surface area contributed by atoms with Gasteiger partial charge in [0.05, 0.1) is 45.7 Å². The van der Waals surface area contributed by atoms with E-state index in [9.17, 15) is 29.1 Å². The fraction of sp³-hybridized carbons (Fsp3) is 0.720. The number of phenolic OH excluding ortho intramolecular Hbond substituents is 1. The highest BCUT2D eigenvalue weighted by Crippen LogP contribution is 2.32. The van der Waals surface area contributed by atoms with Crippen LogP contribution in [-0.4, -0.2) is 153 Å². The number of carbonyl (C=O) groups excluding carboxylic acids is 5. The minimum absolute atomic E-state index is 0.0209. The number of azide groups is 1. The average molecular weight is 1030 g/mol. The molecule has 3 rings (SSSR count). The van der Waals surface area contributed by atoms with Crippen LogP contribution in [0.1, 0.15) is 127 Å². The van der Waals surface area contributed by atoms with Crippen LogP contribution in [0.25, 0.3) is 10.4 Å². The van der Waals surface area contributed by atoms with Crippen molar-refractivity contribution in [3.63, 3.8) is 0 Å². The highest BCUT2D eigenvalue weighted by Gasteiger charge is 2.38. The second-order valence-electron chi connectivity index (χ2n) is 18.6. The normalized spacial score (nSPS) is 16.3. The number of aromatic nitrogens is 1. The second kappa shape index (κ2) is 34.4. The van der Waals surface area contributed by atoms with Gasteiger partial charge in [0.25, 0.3) is 5.91 Å². The largest absolute Gasteiger partial charge is 0.508 e. The molecule has 1 aliphatic rings. The number of rotatable bonds is 34. The summed E-state index contributed by atoms with van der Waals surface area (Å²) in [5, 5.41) is 21.8. The van der Waals surface area contributed by atoms with Crippen LogP contribution in [0.4, 0.5) is 4.79 Å². The van der Waals surface area contributed by atoms with Gasteiger partial charge in [-0.2, -0.15) is 0 Å². The van der Waals surface area contributed by atoms with E-state index in [0.29, 0.717) is 63.8 Å². The zero-order valence-electron chi connectivity index (χ0n) is 43.8. The Labute approximate surface area is 429 Å². The van der Waals surface area contributed by atoms with Gasteiger partial charge < -0.3 is 44.3 Å². The molecule has 2 aromatic rings. The minimum atomic E-state index is -0.881. The number of hydrogen-bond acceptors (Lipinski definition) is 15. The van der Waals surface area contributed by atoms with Crippen LogP contribution in [0.15, 0.2) is 34.8 Å². The fourth-order valence-corrected chi connectivity index (χ4v) is 9.14. The quantitative estimate of drug-likeness (QED) is 0.0166. The van der Waals surface area contributed by atoms with Crippen LogP contribution in [0.3, 0.4) is 0 Å². The van der Waals surface area contributed by atoms with Crippen molar-refractivity contribution in [1.82, 2.24) is 36.3 Å². The second-order valence-corrected chi connectivity index (χ2v) is 19.5. The highest BCUT2D eigenvalue weighted by atomic mass is 32.1. The van der Waals surface area contributed by atoms with Gasteiger partial charge in [0.1, 0.15) is 35.2 Å². The summed E-state index contributed by atoms with van der Waals surface area (Å²) in [6, 6.07) is 4.78.